The lowest BCUT2D eigenvalue weighted by atomic mass is 9.80. The Balaban J connectivity index is 0.00000196. The molecule has 134 valence electrons. The highest BCUT2D eigenvalue weighted by Gasteiger charge is 2.43. The molecule has 1 nitrogen and oxygen atoms in total. The lowest BCUT2D eigenvalue weighted by Crippen LogP contribution is -3.00. The number of halogens is 1. The molecule has 0 amide bonds. The third kappa shape index (κ3) is 3.20. The van der Waals surface area contributed by atoms with Gasteiger partial charge in [0.2, 0.25) is 5.69 Å². The maximum atomic E-state index is 2.55. The van der Waals surface area contributed by atoms with Crippen molar-refractivity contribution in [2.24, 2.45) is 0 Å². The van der Waals surface area contributed by atoms with Gasteiger partial charge in [-0.1, -0.05) is 54.6 Å². The van der Waals surface area contributed by atoms with Gasteiger partial charge in [-0.05, 0) is 42.7 Å². The van der Waals surface area contributed by atoms with Crippen LogP contribution in [0.25, 0.3) is 10.8 Å². The Hall–Kier alpha value is -1.68. The molecule has 0 aliphatic carbocycles. The van der Waals surface area contributed by atoms with Gasteiger partial charge in [-0.2, -0.15) is 4.58 Å². The Morgan fingerprint density at radius 2 is 1.54 bits per heavy atom. The standard InChI is InChI=1S/C24H26N.HI/c1-18-24(2,3)23-21-14-8-7-13-20(21)15-16-22(23)25(18)17-9-12-19-10-5-4-6-11-19;/h4-8,10-11,13-16H,9,12,17H2,1-3H3;1H/q+1;/p-1. The van der Waals surface area contributed by atoms with Crippen LogP contribution in [0.5, 0.6) is 0 Å². The van der Waals surface area contributed by atoms with Crippen LogP contribution in [0.4, 0.5) is 5.69 Å². The summed E-state index contributed by atoms with van der Waals surface area (Å²) < 4.78 is 2.55. The Morgan fingerprint density at radius 1 is 0.846 bits per heavy atom. The van der Waals surface area contributed by atoms with Crippen molar-refractivity contribution in [3.8, 4) is 0 Å². The van der Waals surface area contributed by atoms with Crippen molar-refractivity contribution >= 4 is 22.2 Å². The van der Waals surface area contributed by atoms with E-state index >= 15 is 0 Å². The molecule has 0 unspecified atom stereocenters. The first-order valence-electron chi connectivity index (χ1n) is 9.27. The van der Waals surface area contributed by atoms with Gasteiger partial charge >= 0.3 is 0 Å². The van der Waals surface area contributed by atoms with Crippen LogP contribution in [-0.4, -0.2) is 16.8 Å². The largest absolute Gasteiger partial charge is 1.00 e. The van der Waals surface area contributed by atoms with Crippen molar-refractivity contribution in [3.05, 3.63) is 77.9 Å². The zero-order chi connectivity index (χ0) is 17.4. The fourth-order valence-corrected chi connectivity index (χ4v) is 4.21. The average Bonchev–Trinajstić information content (AvgIpc) is 2.83. The maximum Gasteiger partial charge on any atom is 0.210 e. The maximum absolute atomic E-state index is 2.55. The van der Waals surface area contributed by atoms with Gasteiger partial charge in [-0.3, -0.25) is 0 Å². The second kappa shape index (κ2) is 7.51. The van der Waals surface area contributed by atoms with Crippen LogP contribution in [0.2, 0.25) is 0 Å². The summed E-state index contributed by atoms with van der Waals surface area (Å²) in [6.07, 6.45) is 2.30. The molecule has 0 fully saturated rings. The van der Waals surface area contributed by atoms with Crippen LogP contribution in [-0.2, 0) is 11.8 Å². The summed E-state index contributed by atoms with van der Waals surface area (Å²) in [5.41, 5.74) is 5.87. The van der Waals surface area contributed by atoms with E-state index in [-0.39, 0.29) is 29.4 Å². The fraction of sp³-hybridized carbons (Fsp3) is 0.292. The first kappa shape index (κ1) is 19.1. The zero-order valence-corrected chi connectivity index (χ0v) is 18.0. The highest BCUT2D eigenvalue weighted by Crippen LogP contribution is 2.43. The van der Waals surface area contributed by atoms with E-state index in [4.69, 9.17) is 0 Å². The van der Waals surface area contributed by atoms with Gasteiger partial charge in [0.05, 0.1) is 5.41 Å². The predicted octanol–water partition coefficient (Wildman–Crippen LogP) is 2.87. The quantitative estimate of drug-likeness (QED) is 0.421. The van der Waals surface area contributed by atoms with Crippen LogP contribution >= 0.6 is 0 Å². The van der Waals surface area contributed by atoms with Crippen molar-refractivity contribution in [3.63, 3.8) is 0 Å². The molecule has 0 bridgehead atoms. The van der Waals surface area contributed by atoms with Gasteiger partial charge < -0.3 is 24.0 Å². The van der Waals surface area contributed by atoms with E-state index in [2.05, 4.69) is 92.1 Å². The molecule has 0 aromatic heterocycles. The summed E-state index contributed by atoms with van der Waals surface area (Å²) in [4.78, 5) is 0. The van der Waals surface area contributed by atoms with Gasteiger partial charge in [0.15, 0.2) is 5.71 Å². The second-order valence-corrected chi connectivity index (χ2v) is 7.63. The molecular formula is C24H26IN. The molecule has 1 heterocycles. The highest BCUT2D eigenvalue weighted by molar-refractivity contribution is 6.01. The number of fused-ring (bicyclic) bond motifs is 3. The van der Waals surface area contributed by atoms with E-state index < -0.39 is 0 Å². The van der Waals surface area contributed by atoms with Crippen molar-refractivity contribution < 1.29 is 28.6 Å². The summed E-state index contributed by atoms with van der Waals surface area (Å²) in [5, 5.41) is 2.74. The van der Waals surface area contributed by atoms with Crippen LogP contribution in [0.3, 0.4) is 0 Å². The zero-order valence-electron chi connectivity index (χ0n) is 15.8. The SMILES string of the molecule is CC1=[N+](CCCc2ccccc2)c2ccc3ccccc3c2C1(C)C.[I-]. The molecule has 0 N–H and O–H groups in total. The molecule has 3 aromatic rings. The molecule has 26 heavy (non-hydrogen) atoms. The molecule has 0 atom stereocenters. The highest BCUT2D eigenvalue weighted by atomic mass is 127. The van der Waals surface area contributed by atoms with Crippen molar-refractivity contribution in [2.75, 3.05) is 6.54 Å². The van der Waals surface area contributed by atoms with Crippen LogP contribution < -0.4 is 24.0 Å². The number of rotatable bonds is 4. The summed E-state index contributed by atoms with van der Waals surface area (Å²) in [5.74, 6) is 0. The van der Waals surface area contributed by atoms with Gasteiger partial charge in [0.25, 0.3) is 0 Å². The van der Waals surface area contributed by atoms with Gasteiger partial charge in [0, 0.05) is 25.0 Å². The monoisotopic (exact) mass is 455 g/mol. The number of aryl methyl sites for hydroxylation is 1. The Bertz CT molecular complexity index is 954. The summed E-state index contributed by atoms with van der Waals surface area (Å²) in [7, 11) is 0. The topological polar surface area (TPSA) is 3.01 Å². The number of nitrogens with zero attached hydrogens (tertiary/aromatic N) is 1. The molecule has 0 spiro atoms. The van der Waals surface area contributed by atoms with Gasteiger partial charge in [0.1, 0.15) is 6.54 Å². The molecule has 0 radical (unpaired) electrons. The van der Waals surface area contributed by atoms with E-state index in [0.717, 1.165) is 13.0 Å². The Labute approximate surface area is 173 Å². The third-order valence-corrected chi connectivity index (χ3v) is 5.82. The molecule has 3 aromatic carbocycles. The summed E-state index contributed by atoms with van der Waals surface area (Å²) in [6.45, 7) is 8.11. The van der Waals surface area contributed by atoms with Crippen LogP contribution in [0.1, 0.15) is 38.3 Å². The fourth-order valence-electron chi connectivity index (χ4n) is 4.21. The van der Waals surface area contributed by atoms with Crippen molar-refractivity contribution in [2.45, 2.75) is 39.0 Å². The predicted molar refractivity (Wildman–Crippen MR) is 107 cm³/mol. The van der Waals surface area contributed by atoms with Crippen molar-refractivity contribution in [1.29, 1.82) is 0 Å². The van der Waals surface area contributed by atoms with Gasteiger partial charge in [-0.25, -0.2) is 0 Å². The molecule has 0 saturated heterocycles. The lowest BCUT2D eigenvalue weighted by molar-refractivity contribution is -0.439. The molecule has 1 aliphatic heterocycles. The summed E-state index contributed by atoms with van der Waals surface area (Å²) >= 11 is 0. The van der Waals surface area contributed by atoms with Gasteiger partial charge in [-0.15, -0.1) is 0 Å². The van der Waals surface area contributed by atoms with E-state index in [1.807, 2.05) is 0 Å². The Morgan fingerprint density at radius 3 is 2.31 bits per heavy atom. The first-order valence-corrected chi connectivity index (χ1v) is 9.27. The van der Waals surface area contributed by atoms with E-state index in [9.17, 15) is 0 Å². The second-order valence-electron chi connectivity index (χ2n) is 7.63. The molecular weight excluding hydrogens is 429 g/mol. The number of hydrogen-bond donors (Lipinski definition) is 0. The van der Waals surface area contributed by atoms with E-state index in [1.165, 1.54) is 39.7 Å². The molecule has 4 rings (SSSR count). The number of benzene rings is 3. The average molecular weight is 455 g/mol. The Kier molecular flexibility index (Phi) is 5.52. The molecule has 2 heteroatoms. The minimum Gasteiger partial charge on any atom is -1.00 e. The van der Waals surface area contributed by atoms with Crippen LogP contribution in [0.15, 0.2) is 66.7 Å². The third-order valence-electron chi connectivity index (χ3n) is 5.82. The minimum atomic E-state index is 0. The molecule has 0 saturated carbocycles. The minimum absolute atomic E-state index is 0. The van der Waals surface area contributed by atoms with E-state index in [0.29, 0.717) is 0 Å². The number of hydrogen-bond acceptors (Lipinski definition) is 0. The lowest BCUT2D eigenvalue weighted by Gasteiger charge is -2.17. The first-order chi connectivity index (χ1) is 12.1. The van der Waals surface area contributed by atoms with Crippen molar-refractivity contribution in [1.82, 2.24) is 0 Å². The summed E-state index contributed by atoms with van der Waals surface area (Å²) in [6, 6.07) is 24.2. The smallest absolute Gasteiger partial charge is 0.210 e. The normalized spacial score (nSPS) is 15.0. The molecule has 1 aliphatic rings. The van der Waals surface area contributed by atoms with Crippen LogP contribution in [0, 0.1) is 0 Å². The van der Waals surface area contributed by atoms with E-state index in [1.54, 1.807) is 0 Å².